The summed E-state index contributed by atoms with van der Waals surface area (Å²) in [5.74, 6) is 0.861. The highest BCUT2D eigenvalue weighted by molar-refractivity contribution is 9.10. The van der Waals surface area contributed by atoms with Gasteiger partial charge in [0.2, 0.25) is 0 Å². The molecule has 2 aromatic rings. The molecular weight excluding hydrogens is 304 g/mol. The highest BCUT2D eigenvalue weighted by Crippen LogP contribution is 2.18. The van der Waals surface area contributed by atoms with E-state index in [4.69, 9.17) is 4.74 Å². The fraction of sp³-hybridized carbons (Fsp3) is 0.400. The zero-order valence-corrected chi connectivity index (χ0v) is 12.9. The van der Waals surface area contributed by atoms with Gasteiger partial charge in [0, 0.05) is 10.7 Å². The Morgan fingerprint density at radius 1 is 1.16 bits per heavy atom. The van der Waals surface area contributed by atoms with Crippen LogP contribution in [0.3, 0.4) is 0 Å². The van der Waals surface area contributed by atoms with Gasteiger partial charge in [0.15, 0.2) is 0 Å². The second kappa shape index (κ2) is 6.75. The van der Waals surface area contributed by atoms with Crippen LogP contribution in [-0.2, 0) is 6.61 Å². The van der Waals surface area contributed by atoms with E-state index >= 15 is 0 Å². The third kappa shape index (κ3) is 3.83. The SMILES string of the molecule is CCC(CC)n1ccc(COc2ccc(Br)cc2)n1. The van der Waals surface area contributed by atoms with Crippen molar-refractivity contribution in [2.75, 3.05) is 0 Å². The molecule has 0 fully saturated rings. The van der Waals surface area contributed by atoms with Gasteiger partial charge in [-0.3, -0.25) is 4.68 Å². The van der Waals surface area contributed by atoms with Crippen molar-refractivity contribution in [2.24, 2.45) is 0 Å². The fourth-order valence-electron chi connectivity index (χ4n) is 2.01. The van der Waals surface area contributed by atoms with Crippen molar-refractivity contribution in [2.45, 2.75) is 39.3 Å². The molecule has 3 nitrogen and oxygen atoms in total. The van der Waals surface area contributed by atoms with E-state index in [2.05, 4.69) is 34.9 Å². The fourth-order valence-corrected chi connectivity index (χ4v) is 2.27. The van der Waals surface area contributed by atoms with Gasteiger partial charge in [-0.15, -0.1) is 0 Å². The predicted molar refractivity (Wildman–Crippen MR) is 80.3 cm³/mol. The molecule has 102 valence electrons. The van der Waals surface area contributed by atoms with E-state index in [0.29, 0.717) is 12.6 Å². The first kappa shape index (κ1) is 14.1. The number of rotatable bonds is 6. The number of hydrogen-bond acceptors (Lipinski definition) is 2. The van der Waals surface area contributed by atoms with E-state index in [0.717, 1.165) is 28.8 Å². The lowest BCUT2D eigenvalue weighted by Crippen LogP contribution is -2.08. The lowest BCUT2D eigenvalue weighted by atomic mass is 10.2. The highest BCUT2D eigenvalue weighted by atomic mass is 79.9. The highest BCUT2D eigenvalue weighted by Gasteiger charge is 2.08. The van der Waals surface area contributed by atoms with Gasteiger partial charge in [-0.1, -0.05) is 29.8 Å². The Balaban J connectivity index is 1.95. The van der Waals surface area contributed by atoms with Crippen LogP contribution in [-0.4, -0.2) is 9.78 Å². The first-order chi connectivity index (χ1) is 9.22. The van der Waals surface area contributed by atoms with Gasteiger partial charge in [-0.2, -0.15) is 5.10 Å². The molecule has 1 heterocycles. The second-order valence-corrected chi connectivity index (χ2v) is 5.42. The van der Waals surface area contributed by atoms with Crippen LogP contribution in [0.15, 0.2) is 41.0 Å². The summed E-state index contributed by atoms with van der Waals surface area (Å²) in [5, 5.41) is 4.57. The van der Waals surface area contributed by atoms with Crippen LogP contribution in [0, 0.1) is 0 Å². The molecule has 0 radical (unpaired) electrons. The van der Waals surface area contributed by atoms with Crippen molar-refractivity contribution in [1.29, 1.82) is 0 Å². The molecule has 0 unspecified atom stereocenters. The molecule has 19 heavy (non-hydrogen) atoms. The minimum Gasteiger partial charge on any atom is -0.487 e. The van der Waals surface area contributed by atoms with Crippen LogP contribution in [0.25, 0.3) is 0 Å². The molecule has 0 aliphatic carbocycles. The standard InChI is InChI=1S/C15H19BrN2O/c1-3-14(4-2)18-10-9-13(17-18)11-19-15-7-5-12(16)6-8-15/h5-10,14H,3-4,11H2,1-2H3. The number of ether oxygens (including phenoxy) is 1. The van der Waals surface area contributed by atoms with Crippen molar-refractivity contribution in [1.82, 2.24) is 9.78 Å². The molecule has 1 aromatic carbocycles. The van der Waals surface area contributed by atoms with E-state index in [9.17, 15) is 0 Å². The van der Waals surface area contributed by atoms with Crippen LogP contribution in [0.1, 0.15) is 38.4 Å². The molecule has 0 atom stereocenters. The number of benzene rings is 1. The summed E-state index contributed by atoms with van der Waals surface area (Å²) < 4.78 is 8.81. The minimum atomic E-state index is 0.487. The zero-order valence-electron chi connectivity index (χ0n) is 11.3. The Bertz CT molecular complexity index is 503. The molecule has 0 aliphatic rings. The Morgan fingerprint density at radius 2 is 1.84 bits per heavy atom. The van der Waals surface area contributed by atoms with E-state index in [1.165, 1.54) is 0 Å². The van der Waals surface area contributed by atoms with Gasteiger partial charge < -0.3 is 4.74 Å². The smallest absolute Gasteiger partial charge is 0.132 e. The van der Waals surface area contributed by atoms with Crippen molar-refractivity contribution < 1.29 is 4.74 Å². The summed E-state index contributed by atoms with van der Waals surface area (Å²) in [4.78, 5) is 0. The maximum atomic E-state index is 5.71. The average Bonchev–Trinajstić information content (AvgIpc) is 2.88. The molecule has 0 spiro atoms. The maximum Gasteiger partial charge on any atom is 0.132 e. The molecule has 0 saturated heterocycles. The summed E-state index contributed by atoms with van der Waals surface area (Å²) in [6, 6.07) is 10.3. The molecular formula is C15H19BrN2O. The van der Waals surface area contributed by atoms with Gasteiger partial charge in [-0.25, -0.2) is 0 Å². The van der Waals surface area contributed by atoms with Gasteiger partial charge in [0.05, 0.1) is 11.7 Å². The van der Waals surface area contributed by atoms with Crippen LogP contribution in [0.2, 0.25) is 0 Å². The Kier molecular flexibility index (Phi) is 5.02. The predicted octanol–water partition coefficient (Wildman–Crippen LogP) is 4.59. The Morgan fingerprint density at radius 3 is 2.47 bits per heavy atom. The molecule has 0 bridgehead atoms. The van der Waals surface area contributed by atoms with Gasteiger partial charge in [0.1, 0.15) is 12.4 Å². The molecule has 0 saturated carbocycles. The van der Waals surface area contributed by atoms with Gasteiger partial charge in [-0.05, 0) is 43.2 Å². The first-order valence-corrected chi connectivity index (χ1v) is 7.44. The van der Waals surface area contributed by atoms with E-state index < -0.39 is 0 Å². The third-order valence-electron chi connectivity index (χ3n) is 3.18. The molecule has 2 rings (SSSR count). The second-order valence-electron chi connectivity index (χ2n) is 4.50. The monoisotopic (exact) mass is 322 g/mol. The molecule has 0 amide bonds. The number of hydrogen-bond donors (Lipinski definition) is 0. The van der Waals surface area contributed by atoms with E-state index in [1.807, 2.05) is 41.2 Å². The lowest BCUT2D eigenvalue weighted by molar-refractivity contribution is 0.297. The Hall–Kier alpha value is -1.29. The number of halogens is 1. The van der Waals surface area contributed by atoms with Crippen LogP contribution >= 0.6 is 15.9 Å². The normalized spacial score (nSPS) is 10.9. The summed E-state index contributed by atoms with van der Waals surface area (Å²) in [7, 11) is 0. The van der Waals surface area contributed by atoms with Gasteiger partial charge >= 0.3 is 0 Å². The summed E-state index contributed by atoms with van der Waals surface area (Å²) in [5.41, 5.74) is 0.967. The largest absolute Gasteiger partial charge is 0.487 e. The van der Waals surface area contributed by atoms with E-state index in [-0.39, 0.29) is 0 Å². The van der Waals surface area contributed by atoms with Crippen molar-refractivity contribution in [3.05, 3.63) is 46.7 Å². The number of aromatic nitrogens is 2. The van der Waals surface area contributed by atoms with Crippen molar-refractivity contribution >= 4 is 15.9 Å². The van der Waals surface area contributed by atoms with Crippen LogP contribution < -0.4 is 4.74 Å². The Labute approximate surface area is 122 Å². The van der Waals surface area contributed by atoms with Crippen LogP contribution in [0.4, 0.5) is 0 Å². The third-order valence-corrected chi connectivity index (χ3v) is 3.71. The maximum absolute atomic E-state index is 5.71. The summed E-state index contributed by atoms with van der Waals surface area (Å²) in [6.07, 6.45) is 4.24. The van der Waals surface area contributed by atoms with Gasteiger partial charge in [0.25, 0.3) is 0 Å². The quantitative estimate of drug-likeness (QED) is 0.778. The number of nitrogens with zero attached hydrogens (tertiary/aromatic N) is 2. The van der Waals surface area contributed by atoms with Crippen molar-refractivity contribution in [3.63, 3.8) is 0 Å². The lowest BCUT2D eigenvalue weighted by Gasteiger charge is -2.12. The molecule has 1 aromatic heterocycles. The molecule has 0 N–H and O–H groups in total. The molecule has 0 aliphatic heterocycles. The topological polar surface area (TPSA) is 27.1 Å². The molecule has 4 heteroatoms. The minimum absolute atomic E-state index is 0.487. The van der Waals surface area contributed by atoms with E-state index in [1.54, 1.807) is 0 Å². The van der Waals surface area contributed by atoms with Crippen LogP contribution in [0.5, 0.6) is 5.75 Å². The first-order valence-electron chi connectivity index (χ1n) is 6.65. The zero-order chi connectivity index (χ0) is 13.7. The average molecular weight is 323 g/mol. The summed E-state index contributed by atoms with van der Waals surface area (Å²) in [6.45, 7) is 4.89. The summed E-state index contributed by atoms with van der Waals surface area (Å²) >= 11 is 3.41. The van der Waals surface area contributed by atoms with Crippen molar-refractivity contribution in [3.8, 4) is 5.75 Å².